The van der Waals surface area contributed by atoms with Crippen molar-refractivity contribution in [2.75, 3.05) is 26.3 Å². The number of hydrogen-bond donors (Lipinski definition) is 1. The summed E-state index contributed by atoms with van der Waals surface area (Å²) in [5.41, 5.74) is 1.01. The van der Waals surface area contributed by atoms with E-state index in [1.54, 1.807) is 47.4 Å². The Morgan fingerprint density at radius 3 is 2.10 bits per heavy atom. The molecule has 0 spiro atoms. The lowest BCUT2D eigenvalue weighted by atomic mass is 9.91. The van der Waals surface area contributed by atoms with Crippen molar-refractivity contribution in [1.82, 2.24) is 9.62 Å². The second-order valence-electron chi connectivity index (χ2n) is 6.79. The zero-order chi connectivity index (χ0) is 20.4. The summed E-state index contributed by atoms with van der Waals surface area (Å²) in [6.07, 6.45) is 0. The highest BCUT2D eigenvalue weighted by Gasteiger charge is 2.41. The number of carbonyl (C=O) groups is 2. The van der Waals surface area contributed by atoms with Gasteiger partial charge in [0.05, 0.1) is 13.2 Å². The van der Waals surface area contributed by atoms with Crippen molar-refractivity contribution in [3.05, 3.63) is 81.9 Å². The summed E-state index contributed by atoms with van der Waals surface area (Å²) in [6.45, 7) is 1.42. The number of hydrogen-bond acceptors (Lipinski definition) is 6. The SMILES string of the molecule is O=C1C(N2CCOCC2)=C(S(=O)(=O)NCc2ccccc2)C(=O)c2ccccc21. The second-order valence-corrected chi connectivity index (χ2v) is 8.49. The Morgan fingerprint density at radius 2 is 1.45 bits per heavy atom. The van der Waals surface area contributed by atoms with Gasteiger partial charge in [-0.2, -0.15) is 0 Å². The number of benzene rings is 2. The van der Waals surface area contributed by atoms with Crippen molar-refractivity contribution in [3.63, 3.8) is 0 Å². The van der Waals surface area contributed by atoms with Gasteiger partial charge in [-0.25, -0.2) is 13.1 Å². The van der Waals surface area contributed by atoms with Crippen LogP contribution in [0.4, 0.5) is 0 Å². The fourth-order valence-electron chi connectivity index (χ4n) is 3.51. The third-order valence-corrected chi connectivity index (χ3v) is 6.40. The number of rotatable bonds is 5. The fraction of sp³-hybridized carbons (Fsp3) is 0.238. The maximum Gasteiger partial charge on any atom is 0.247 e. The maximum absolute atomic E-state index is 13.2. The molecule has 7 nitrogen and oxygen atoms in total. The molecule has 8 heteroatoms. The molecule has 2 aromatic rings. The van der Waals surface area contributed by atoms with E-state index in [2.05, 4.69) is 4.72 Å². The summed E-state index contributed by atoms with van der Waals surface area (Å²) >= 11 is 0. The van der Waals surface area contributed by atoms with Crippen LogP contribution in [0.1, 0.15) is 26.3 Å². The van der Waals surface area contributed by atoms with Crippen LogP contribution in [0.2, 0.25) is 0 Å². The summed E-state index contributed by atoms with van der Waals surface area (Å²) in [4.78, 5) is 27.5. The quantitative estimate of drug-likeness (QED) is 0.804. The first-order chi connectivity index (χ1) is 14.0. The molecule has 4 rings (SSSR count). The summed E-state index contributed by atoms with van der Waals surface area (Å²) in [5, 5.41) is 0. The summed E-state index contributed by atoms with van der Waals surface area (Å²) < 4.78 is 34.2. The van der Waals surface area contributed by atoms with Gasteiger partial charge < -0.3 is 9.64 Å². The highest BCUT2D eigenvalue weighted by molar-refractivity contribution is 7.94. The van der Waals surface area contributed by atoms with E-state index in [1.165, 1.54) is 6.07 Å². The predicted molar refractivity (Wildman–Crippen MR) is 107 cm³/mol. The smallest absolute Gasteiger partial charge is 0.247 e. The van der Waals surface area contributed by atoms with E-state index < -0.39 is 26.5 Å². The zero-order valence-electron chi connectivity index (χ0n) is 15.6. The lowest BCUT2D eigenvalue weighted by Gasteiger charge is -2.33. The third kappa shape index (κ3) is 3.74. The number of ketones is 2. The molecule has 2 aromatic carbocycles. The highest BCUT2D eigenvalue weighted by Crippen LogP contribution is 2.31. The fourth-order valence-corrected chi connectivity index (χ4v) is 4.84. The molecular formula is C21H20N2O5S. The van der Waals surface area contributed by atoms with Crippen molar-refractivity contribution < 1.29 is 22.7 Å². The molecule has 1 aliphatic carbocycles. The Hall–Kier alpha value is -2.81. The van der Waals surface area contributed by atoms with Gasteiger partial charge in [0.2, 0.25) is 21.6 Å². The molecule has 150 valence electrons. The molecule has 29 heavy (non-hydrogen) atoms. The van der Waals surface area contributed by atoms with Crippen LogP contribution in [0.5, 0.6) is 0 Å². The number of fused-ring (bicyclic) bond motifs is 1. The van der Waals surface area contributed by atoms with Crippen molar-refractivity contribution in [2.45, 2.75) is 6.54 Å². The first kappa shape index (κ1) is 19.5. The molecule has 0 radical (unpaired) electrons. The Morgan fingerprint density at radius 1 is 0.862 bits per heavy atom. The number of allylic oxidation sites excluding steroid dienone is 2. The van der Waals surface area contributed by atoms with E-state index in [1.807, 2.05) is 6.07 Å². The van der Waals surface area contributed by atoms with Crippen molar-refractivity contribution in [1.29, 1.82) is 0 Å². The summed E-state index contributed by atoms with van der Waals surface area (Å²) in [6, 6.07) is 15.3. The van der Waals surface area contributed by atoms with Gasteiger partial charge >= 0.3 is 0 Å². The van der Waals surface area contributed by atoms with Gasteiger partial charge in [-0.15, -0.1) is 0 Å². The summed E-state index contributed by atoms with van der Waals surface area (Å²) in [5.74, 6) is -1.12. The summed E-state index contributed by atoms with van der Waals surface area (Å²) in [7, 11) is -4.23. The molecule has 2 aliphatic rings. The largest absolute Gasteiger partial charge is 0.378 e. The number of sulfonamides is 1. The first-order valence-electron chi connectivity index (χ1n) is 9.28. The highest BCUT2D eigenvalue weighted by atomic mass is 32.2. The molecule has 0 unspecified atom stereocenters. The average Bonchev–Trinajstić information content (AvgIpc) is 2.76. The number of morpholine rings is 1. The van der Waals surface area contributed by atoms with Crippen LogP contribution in [0, 0.1) is 0 Å². The zero-order valence-corrected chi connectivity index (χ0v) is 16.4. The van der Waals surface area contributed by atoms with Crippen molar-refractivity contribution in [2.24, 2.45) is 0 Å². The lowest BCUT2D eigenvalue weighted by Crippen LogP contribution is -2.43. The predicted octanol–water partition coefficient (Wildman–Crippen LogP) is 1.73. The monoisotopic (exact) mass is 412 g/mol. The molecule has 0 atom stereocenters. The van der Waals surface area contributed by atoms with Gasteiger partial charge in [-0.1, -0.05) is 54.6 Å². The van der Waals surface area contributed by atoms with Gasteiger partial charge in [0.1, 0.15) is 5.70 Å². The Kier molecular flexibility index (Phi) is 5.31. The molecule has 1 saturated heterocycles. The van der Waals surface area contributed by atoms with Gasteiger partial charge in [0.25, 0.3) is 0 Å². The van der Waals surface area contributed by atoms with Gasteiger partial charge in [0, 0.05) is 30.8 Å². The van der Waals surface area contributed by atoms with Gasteiger partial charge in [-0.3, -0.25) is 9.59 Å². The molecule has 1 fully saturated rings. The molecule has 1 aliphatic heterocycles. The van der Waals surface area contributed by atoms with E-state index in [4.69, 9.17) is 4.74 Å². The molecule has 0 saturated carbocycles. The lowest BCUT2D eigenvalue weighted by molar-refractivity contribution is 0.0499. The first-order valence-corrected chi connectivity index (χ1v) is 10.8. The number of nitrogens with one attached hydrogen (secondary N) is 1. The number of ether oxygens (including phenoxy) is 1. The molecule has 0 amide bonds. The van der Waals surface area contributed by atoms with Crippen LogP contribution < -0.4 is 4.72 Å². The van der Waals surface area contributed by atoms with E-state index in [-0.39, 0.29) is 23.4 Å². The number of nitrogens with zero attached hydrogens (tertiary/aromatic N) is 1. The maximum atomic E-state index is 13.2. The van der Waals surface area contributed by atoms with Crippen LogP contribution in [0.15, 0.2) is 65.2 Å². The van der Waals surface area contributed by atoms with Gasteiger partial charge in [0.15, 0.2) is 4.91 Å². The van der Waals surface area contributed by atoms with E-state index in [0.717, 1.165) is 5.56 Å². The van der Waals surface area contributed by atoms with Crippen LogP contribution in [0.3, 0.4) is 0 Å². The topological polar surface area (TPSA) is 92.8 Å². The van der Waals surface area contributed by atoms with Crippen LogP contribution in [0.25, 0.3) is 0 Å². The average molecular weight is 412 g/mol. The Labute approximate surface area is 169 Å². The minimum atomic E-state index is -4.23. The Bertz CT molecular complexity index is 1090. The molecular weight excluding hydrogens is 392 g/mol. The van der Waals surface area contributed by atoms with Crippen molar-refractivity contribution >= 4 is 21.6 Å². The molecule has 1 N–H and O–H groups in total. The van der Waals surface area contributed by atoms with E-state index in [9.17, 15) is 18.0 Å². The minimum Gasteiger partial charge on any atom is -0.378 e. The third-order valence-electron chi connectivity index (χ3n) is 4.96. The van der Waals surface area contributed by atoms with Crippen LogP contribution in [-0.2, 0) is 21.3 Å². The van der Waals surface area contributed by atoms with Crippen LogP contribution in [-0.4, -0.2) is 51.2 Å². The van der Waals surface area contributed by atoms with E-state index >= 15 is 0 Å². The number of Topliss-reactive ketones (excluding diaryl/α,β-unsaturated/α-hetero) is 2. The van der Waals surface area contributed by atoms with Crippen LogP contribution >= 0.6 is 0 Å². The Balaban J connectivity index is 1.78. The normalized spacial score (nSPS) is 17.4. The standard InChI is InChI=1S/C21H20N2O5S/c24-19-16-8-4-5-9-17(16)20(25)21(18(19)23-10-12-28-13-11-23)29(26,27)22-14-15-6-2-1-3-7-15/h1-9,22H,10-14H2. The second kappa shape index (κ2) is 7.90. The molecule has 1 heterocycles. The van der Waals surface area contributed by atoms with E-state index in [0.29, 0.717) is 26.3 Å². The number of carbonyl (C=O) groups excluding carboxylic acids is 2. The minimum absolute atomic E-state index is 0.0200. The molecule has 0 aromatic heterocycles. The van der Waals surface area contributed by atoms with Gasteiger partial charge in [-0.05, 0) is 5.56 Å². The molecule has 0 bridgehead atoms. The van der Waals surface area contributed by atoms with Crippen molar-refractivity contribution in [3.8, 4) is 0 Å².